The van der Waals surface area contributed by atoms with E-state index >= 15 is 0 Å². The third kappa shape index (κ3) is 3.15. The van der Waals surface area contributed by atoms with Crippen LogP contribution in [0.25, 0.3) is 0 Å². The molecule has 0 bridgehead atoms. The molecule has 4 heteroatoms. The van der Waals surface area contributed by atoms with Crippen LogP contribution in [-0.2, 0) is 17.6 Å². The van der Waals surface area contributed by atoms with Gasteiger partial charge in [-0.3, -0.25) is 4.79 Å². The lowest BCUT2D eigenvalue weighted by Crippen LogP contribution is -2.44. The number of nitrogens with one attached hydrogen (secondary N) is 2. The van der Waals surface area contributed by atoms with Gasteiger partial charge in [0.15, 0.2) is 0 Å². The van der Waals surface area contributed by atoms with Crippen LogP contribution in [0.5, 0.6) is 0 Å². The smallest absolute Gasteiger partial charge is 0.237 e. The number of benzene rings is 1. The molecule has 2 N–H and O–H groups in total. The van der Waals surface area contributed by atoms with E-state index in [0.717, 1.165) is 38.8 Å². The third-order valence-corrected chi connectivity index (χ3v) is 4.42. The number of carbonyl (C=O) groups is 1. The fourth-order valence-corrected chi connectivity index (χ4v) is 3.34. The molecule has 20 heavy (non-hydrogen) atoms. The Hall–Kier alpha value is -1.06. The minimum atomic E-state index is 0. The van der Waals surface area contributed by atoms with Gasteiger partial charge in [0.05, 0.1) is 6.04 Å². The summed E-state index contributed by atoms with van der Waals surface area (Å²) in [7, 11) is 0. The minimum absolute atomic E-state index is 0. The number of rotatable bonds is 3. The minimum Gasteiger partial charge on any atom is -0.354 e. The Morgan fingerprint density at radius 1 is 1.35 bits per heavy atom. The van der Waals surface area contributed by atoms with Crippen molar-refractivity contribution in [2.24, 2.45) is 5.41 Å². The monoisotopic (exact) mass is 294 g/mol. The first-order valence-electron chi connectivity index (χ1n) is 7.24. The number of halogens is 1. The van der Waals surface area contributed by atoms with Crippen molar-refractivity contribution in [3.63, 3.8) is 0 Å². The van der Waals surface area contributed by atoms with Gasteiger partial charge in [-0.2, -0.15) is 0 Å². The molecule has 1 heterocycles. The first-order chi connectivity index (χ1) is 9.16. The summed E-state index contributed by atoms with van der Waals surface area (Å²) < 4.78 is 0. The molecular weight excluding hydrogens is 272 g/mol. The normalized spacial score (nSPS) is 22.9. The first kappa shape index (κ1) is 15.3. The van der Waals surface area contributed by atoms with Crippen LogP contribution >= 0.6 is 12.4 Å². The predicted molar refractivity (Wildman–Crippen MR) is 83.2 cm³/mol. The number of carbonyl (C=O) groups excluding carboxylic acids is 1. The second-order valence-corrected chi connectivity index (χ2v) is 6.30. The van der Waals surface area contributed by atoms with Gasteiger partial charge in [0, 0.05) is 6.54 Å². The Bertz CT molecular complexity index is 458. The van der Waals surface area contributed by atoms with E-state index in [1.807, 2.05) is 0 Å². The third-order valence-electron chi connectivity index (χ3n) is 4.42. The van der Waals surface area contributed by atoms with Crippen molar-refractivity contribution in [2.75, 3.05) is 13.1 Å². The molecule has 0 saturated carbocycles. The van der Waals surface area contributed by atoms with Crippen LogP contribution in [0.1, 0.15) is 30.9 Å². The quantitative estimate of drug-likeness (QED) is 0.896. The maximum Gasteiger partial charge on any atom is 0.237 e. The Balaban J connectivity index is 0.00000147. The molecule has 2 aliphatic rings. The molecule has 3 nitrogen and oxygen atoms in total. The van der Waals surface area contributed by atoms with E-state index < -0.39 is 0 Å². The topological polar surface area (TPSA) is 41.1 Å². The lowest BCUT2D eigenvalue weighted by Gasteiger charge is -2.25. The van der Waals surface area contributed by atoms with Gasteiger partial charge in [-0.05, 0) is 48.8 Å². The molecule has 1 amide bonds. The Kier molecular flexibility index (Phi) is 4.71. The fourth-order valence-electron chi connectivity index (χ4n) is 3.34. The van der Waals surface area contributed by atoms with Crippen LogP contribution in [0, 0.1) is 5.41 Å². The van der Waals surface area contributed by atoms with Crippen LogP contribution in [-0.4, -0.2) is 25.0 Å². The van der Waals surface area contributed by atoms with Crippen molar-refractivity contribution in [1.29, 1.82) is 0 Å². The van der Waals surface area contributed by atoms with Crippen molar-refractivity contribution in [3.05, 3.63) is 35.4 Å². The summed E-state index contributed by atoms with van der Waals surface area (Å²) in [6, 6.07) is 8.66. The highest BCUT2D eigenvalue weighted by Crippen LogP contribution is 2.35. The maximum atomic E-state index is 12.0. The van der Waals surface area contributed by atoms with Crippen molar-refractivity contribution < 1.29 is 4.79 Å². The first-order valence-corrected chi connectivity index (χ1v) is 7.24. The van der Waals surface area contributed by atoms with Gasteiger partial charge >= 0.3 is 0 Å². The fraction of sp³-hybridized carbons (Fsp3) is 0.562. The Morgan fingerprint density at radius 3 is 2.55 bits per heavy atom. The summed E-state index contributed by atoms with van der Waals surface area (Å²) in [5, 5.41) is 6.39. The summed E-state index contributed by atoms with van der Waals surface area (Å²) in [5.74, 6) is 0.176. The molecule has 110 valence electrons. The van der Waals surface area contributed by atoms with Crippen LogP contribution in [0.4, 0.5) is 0 Å². The molecule has 1 unspecified atom stereocenters. The average Bonchev–Trinajstić information content (AvgIpc) is 3.02. The van der Waals surface area contributed by atoms with Crippen molar-refractivity contribution in [3.8, 4) is 0 Å². The zero-order valence-electron chi connectivity index (χ0n) is 11.9. The number of hydrogen-bond acceptors (Lipinski definition) is 2. The Morgan fingerprint density at radius 2 is 2.00 bits per heavy atom. The zero-order chi connectivity index (χ0) is 13.3. The van der Waals surface area contributed by atoms with E-state index in [1.165, 1.54) is 11.1 Å². The van der Waals surface area contributed by atoms with Crippen LogP contribution < -0.4 is 10.6 Å². The highest BCUT2D eigenvalue weighted by Gasteiger charge is 2.33. The molecule has 1 aromatic carbocycles. The summed E-state index contributed by atoms with van der Waals surface area (Å²) in [6.45, 7) is 4.02. The van der Waals surface area contributed by atoms with Gasteiger partial charge < -0.3 is 10.6 Å². The van der Waals surface area contributed by atoms with Gasteiger partial charge in [0.1, 0.15) is 0 Å². The predicted octanol–water partition coefficient (Wildman–Crippen LogP) is 2.08. The van der Waals surface area contributed by atoms with E-state index in [-0.39, 0.29) is 29.8 Å². The second kappa shape index (κ2) is 6.15. The highest BCUT2D eigenvalue weighted by molar-refractivity contribution is 5.85. The Labute approximate surface area is 126 Å². The summed E-state index contributed by atoms with van der Waals surface area (Å²) in [4.78, 5) is 12.0. The number of fused-ring (bicyclic) bond motifs is 1. The van der Waals surface area contributed by atoms with E-state index in [2.05, 4.69) is 41.8 Å². The van der Waals surface area contributed by atoms with Crippen molar-refractivity contribution in [2.45, 2.75) is 38.6 Å². The van der Waals surface area contributed by atoms with E-state index in [9.17, 15) is 4.79 Å². The molecule has 0 spiro atoms. The second-order valence-electron chi connectivity index (χ2n) is 6.30. The maximum absolute atomic E-state index is 12.0. The van der Waals surface area contributed by atoms with Crippen LogP contribution in [0.3, 0.4) is 0 Å². The summed E-state index contributed by atoms with van der Waals surface area (Å²) >= 11 is 0. The number of amides is 1. The molecule has 0 radical (unpaired) electrons. The lowest BCUT2D eigenvalue weighted by molar-refractivity contribution is -0.123. The van der Waals surface area contributed by atoms with E-state index in [1.54, 1.807) is 0 Å². The van der Waals surface area contributed by atoms with Gasteiger partial charge in [-0.15, -0.1) is 12.4 Å². The molecule has 0 aromatic heterocycles. The molecule has 1 aliphatic carbocycles. The molecule has 3 rings (SSSR count). The van der Waals surface area contributed by atoms with E-state index in [4.69, 9.17) is 0 Å². The van der Waals surface area contributed by atoms with Gasteiger partial charge in [0.2, 0.25) is 5.91 Å². The number of hydrogen-bond donors (Lipinski definition) is 2. The van der Waals surface area contributed by atoms with Crippen molar-refractivity contribution in [1.82, 2.24) is 10.6 Å². The molecule has 1 aliphatic heterocycles. The molecule has 1 aromatic rings. The highest BCUT2D eigenvalue weighted by atomic mass is 35.5. The molecule has 1 fully saturated rings. The standard InChI is InChI=1S/C16H22N2O.ClH/c1-16(9-12-5-2-3-6-13(12)10-16)11-18-15(19)14-7-4-8-17-14;/h2-3,5-6,14,17H,4,7-11H2,1H3,(H,18,19);1H. The van der Waals surface area contributed by atoms with Gasteiger partial charge in [-0.25, -0.2) is 0 Å². The van der Waals surface area contributed by atoms with Crippen LogP contribution in [0.15, 0.2) is 24.3 Å². The summed E-state index contributed by atoms with van der Waals surface area (Å²) in [6.07, 6.45) is 4.23. The average molecular weight is 295 g/mol. The lowest BCUT2D eigenvalue weighted by atomic mass is 9.87. The van der Waals surface area contributed by atoms with Gasteiger partial charge in [0.25, 0.3) is 0 Å². The largest absolute Gasteiger partial charge is 0.354 e. The zero-order valence-corrected chi connectivity index (χ0v) is 12.8. The van der Waals surface area contributed by atoms with Crippen LogP contribution in [0.2, 0.25) is 0 Å². The molecule has 1 saturated heterocycles. The van der Waals surface area contributed by atoms with Gasteiger partial charge in [-0.1, -0.05) is 31.2 Å². The molecule has 1 atom stereocenters. The summed E-state index contributed by atoms with van der Waals surface area (Å²) in [5.41, 5.74) is 3.06. The van der Waals surface area contributed by atoms with E-state index in [0.29, 0.717) is 0 Å². The molecular formula is C16H23ClN2O. The SMILES string of the molecule is CC1(CNC(=O)C2CCCN2)Cc2ccccc2C1.Cl. The van der Waals surface area contributed by atoms with Crippen molar-refractivity contribution >= 4 is 18.3 Å².